The maximum Gasteiger partial charge on any atom is 0.342 e. The van der Waals surface area contributed by atoms with Crippen molar-refractivity contribution < 1.29 is 28.6 Å². The molecule has 0 radical (unpaired) electrons. The third-order valence-corrected chi connectivity index (χ3v) is 4.83. The van der Waals surface area contributed by atoms with Crippen LogP contribution in [0.4, 0.5) is 11.5 Å². The normalized spacial score (nSPS) is 11.1. The first-order chi connectivity index (χ1) is 16.5. The van der Waals surface area contributed by atoms with Gasteiger partial charge in [-0.1, -0.05) is 42.5 Å². The zero-order chi connectivity index (χ0) is 24.3. The lowest BCUT2D eigenvalue weighted by Gasteiger charge is -2.17. The summed E-state index contributed by atoms with van der Waals surface area (Å²) in [5.41, 5.74) is 1.59. The number of ether oxygens (including phenoxy) is 3. The van der Waals surface area contributed by atoms with Crippen LogP contribution in [-0.4, -0.2) is 49.7 Å². The third kappa shape index (κ3) is 6.55. The van der Waals surface area contributed by atoms with Gasteiger partial charge in [-0.15, -0.1) is 0 Å². The van der Waals surface area contributed by atoms with E-state index in [0.29, 0.717) is 11.4 Å². The number of rotatable bonds is 10. The fourth-order valence-corrected chi connectivity index (χ4v) is 3.18. The minimum atomic E-state index is -0.917. The average molecular weight is 463 g/mol. The molecule has 1 amide bonds. The Morgan fingerprint density at radius 2 is 1.68 bits per heavy atom. The van der Waals surface area contributed by atoms with Crippen molar-refractivity contribution in [3.05, 3.63) is 84.1 Å². The number of anilines is 2. The number of carbonyl (C=O) groups excluding carboxylic acids is 3. The Labute approximate surface area is 197 Å². The summed E-state index contributed by atoms with van der Waals surface area (Å²) in [6.07, 6.45) is 1.76. The van der Waals surface area contributed by atoms with Crippen LogP contribution < -0.4 is 15.4 Å². The molecule has 2 N–H and O–H groups in total. The van der Waals surface area contributed by atoms with Gasteiger partial charge in [0.1, 0.15) is 23.2 Å². The zero-order valence-electron chi connectivity index (χ0n) is 18.8. The van der Waals surface area contributed by atoms with Gasteiger partial charge in [-0.3, -0.25) is 4.79 Å². The summed E-state index contributed by atoms with van der Waals surface area (Å²) in [6.45, 7) is -0.579. The van der Waals surface area contributed by atoms with Gasteiger partial charge < -0.3 is 24.8 Å². The van der Waals surface area contributed by atoms with Crippen molar-refractivity contribution in [1.82, 2.24) is 10.3 Å². The van der Waals surface area contributed by atoms with Crippen LogP contribution in [0.1, 0.15) is 15.9 Å². The molecule has 0 aliphatic carbocycles. The monoisotopic (exact) mass is 463 g/mol. The maximum absolute atomic E-state index is 12.7. The van der Waals surface area contributed by atoms with E-state index >= 15 is 0 Å². The van der Waals surface area contributed by atoms with Crippen molar-refractivity contribution in [2.75, 3.05) is 26.1 Å². The first kappa shape index (κ1) is 24.2. The lowest BCUT2D eigenvalue weighted by atomic mass is 10.1. The molecule has 9 nitrogen and oxygen atoms in total. The summed E-state index contributed by atoms with van der Waals surface area (Å²) < 4.78 is 15.3. The fraction of sp³-hybridized carbons (Fsp3) is 0.200. The maximum atomic E-state index is 12.7. The number of nitrogens with one attached hydrogen (secondary N) is 2. The number of esters is 2. The molecule has 0 aliphatic rings. The molecule has 2 aromatic carbocycles. The van der Waals surface area contributed by atoms with Crippen LogP contribution in [0.5, 0.6) is 5.75 Å². The van der Waals surface area contributed by atoms with E-state index in [0.717, 1.165) is 5.56 Å². The van der Waals surface area contributed by atoms with Crippen LogP contribution in [0, 0.1) is 0 Å². The number of amides is 1. The Bertz CT molecular complexity index is 1140. The first-order valence-electron chi connectivity index (χ1n) is 10.4. The molecule has 0 fully saturated rings. The van der Waals surface area contributed by atoms with E-state index < -0.39 is 30.5 Å². The van der Waals surface area contributed by atoms with Gasteiger partial charge in [0.25, 0.3) is 5.91 Å². The third-order valence-electron chi connectivity index (χ3n) is 4.83. The van der Waals surface area contributed by atoms with E-state index in [-0.39, 0.29) is 17.8 Å². The minimum absolute atomic E-state index is 0.134. The van der Waals surface area contributed by atoms with E-state index in [4.69, 9.17) is 14.2 Å². The van der Waals surface area contributed by atoms with Crippen LogP contribution in [0.3, 0.4) is 0 Å². The van der Waals surface area contributed by atoms with Crippen LogP contribution >= 0.6 is 0 Å². The lowest BCUT2D eigenvalue weighted by molar-refractivity contribution is -0.145. The van der Waals surface area contributed by atoms with Crippen molar-refractivity contribution in [3.8, 4) is 5.75 Å². The summed E-state index contributed by atoms with van der Waals surface area (Å²) in [5, 5.41) is 5.60. The second-order valence-electron chi connectivity index (χ2n) is 7.13. The standard InChI is InChI=1S/C25H25N3O6/c1-32-21-13-7-6-12-19(21)28-23-18(11-8-14-26-23)24(30)34-16-22(29)27-20(25(31)33-2)15-17-9-4-3-5-10-17/h3-14,20H,15-16H2,1-2H3,(H,26,28)(H,27,29). The van der Waals surface area contributed by atoms with Gasteiger partial charge in [-0.25, -0.2) is 14.6 Å². The number of hydrogen-bond donors (Lipinski definition) is 2. The molecule has 1 heterocycles. The highest BCUT2D eigenvalue weighted by Gasteiger charge is 2.23. The molecule has 1 aromatic heterocycles. The molecule has 0 spiro atoms. The van der Waals surface area contributed by atoms with E-state index in [2.05, 4.69) is 15.6 Å². The topological polar surface area (TPSA) is 116 Å². The Hall–Kier alpha value is -4.40. The van der Waals surface area contributed by atoms with Crippen molar-refractivity contribution in [3.63, 3.8) is 0 Å². The van der Waals surface area contributed by atoms with Crippen LogP contribution in [0.2, 0.25) is 0 Å². The van der Waals surface area contributed by atoms with Crippen LogP contribution in [-0.2, 0) is 25.5 Å². The van der Waals surface area contributed by atoms with Crippen LogP contribution in [0.25, 0.3) is 0 Å². The largest absolute Gasteiger partial charge is 0.495 e. The number of carbonyl (C=O) groups is 3. The highest BCUT2D eigenvalue weighted by molar-refractivity contribution is 5.97. The Balaban J connectivity index is 1.63. The summed E-state index contributed by atoms with van der Waals surface area (Å²) in [7, 11) is 2.78. The number of aromatic nitrogens is 1. The Kier molecular flexibility index (Phi) is 8.56. The smallest absolute Gasteiger partial charge is 0.342 e. The Morgan fingerprint density at radius 1 is 0.941 bits per heavy atom. The van der Waals surface area contributed by atoms with Gasteiger partial charge in [0.2, 0.25) is 0 Å². The molecule has 0 aliphatic heterocycles. The summed E-state index contributed by atoms with van der Waals surface area (Å²) in [4.78, 5) is 41.4. The number of benzene rings is 2. The summed E-state index contributed by atoms with van der Waals surface area (Å²) >= 11 is 0. The SMILES string of the molecule is COC(=O)C(Cc1ccccc1)NC(=O)COC(=O)c1cccnc1Nc1ccccc1OC. The fourth-order valence-electron chi connectivity index (χ4n) is 3.18. The summed E-state index contributed by atoms with van der Waals surface area (Å²) in [5.74, 6) is -1.17. The number of hydrogen-bond acceptors (Lipinski definition) is 8. The number of para-hydroxylation sites is 2. The molecule has 34 heavy (non-hydrogen) atoms. The predicted molar refractivity (Wildman–Crippen MR) is 125 cm³/mol. The van der Waals surface area contributed by atoms with E-state index in [9.17, 15) is 14.4 Å². The van der Waals surface area contributed by atoms with E-state index in [1.54, 1.807) is 18.2 Å². The molecule has 0 saturated carbocycles. The zero-order valence-corrected chi connectivity index (χ0v) is 18.8. The predicted octanol–water partition coefficient (Wildman–Crippen LogP) is 2.89. The molecule has 9 heteroatoms. The number of nitrogens with zero attached hydrogens (tertiary/aromatic N) is 1. The number of pyridine rings is 1. The van der Waals surface area contributed by atoms with Crippen molar-refractivity contribution in [2.45, 2.75) is 12.5 Å². The van der Waals surface area contributed by atoms with Gasteiger partial charge in [-0.05, 0) is 29.8 Å². The van der Waals surface area contributed by atoms with Crippen molar-refractivity contribution >= 4 is 29.4 Å². The minimum Gasteiger partial charge on any atom is -0.495 e. The van der Waals surface area contributed by atoms with Gasteiger partial charge in [-0.2, -0.15) is 0 Å². The number of methoxy groups -OCH3 is 2. The molecule has 3 rings (SSSR count). The highest BCUT2D eigenvalue weighted by atomic mass is 16.5. The summed E-state index contributed by atoms with van der Waals surface area (Å²) in [6, 6.07) is 18.5. The highest BCUT2D eigenvalue weighted by Crippen LogP contribution is 2.27. The second kappa shape index (κ2) is 12.0. The van der Waals surface area contributed by atoms with Crippen molar-refractivity contribution in [2.24, 2.45) is 0 Å². The molecular weight excluding hydrogens is 438 g/mol. The lowest BCUT2D eigenvalue weighted by Crippen LogP contribution is -2.44. The first-order valence-corrected chi connectivity index (χ1v) is 10.4. The van der Waals surface area contributed by atoms with Gasteiger partial charge >= 0.3 is 11.9 Å². The van der Waals surface area contributed by atoms with Gasteiger partial charge in [0, 0.05) is 12.6 Å². The van der Waals surface area contributed by atoms with E-state index in [1.807, 2.05) is 42.5 Å². The molecule has 176 valence electrons. The molecule has 0 bridgehead atoms. The van der Waals surface area contributed by atoms with E-state index in [1.165, 1.54) is 26.5 Å². The second-order valence-corrected chi connectivity index (χ2v) is 7.13. The molecular formula is C25H25N3O6. The molecule has 3 aromatic rings. The van der Waals surface area contributed by atoms with Crippen molar-refractivity contribution in [1.29, 1.82) is 0 Å². The van der Waals surface area contributed by atoms with Gasteiger partial charge in [0.15, 0.2) is 6.61 Å². The van der Waals surface area contributed by atoms with Gasteiger partial charge in [0.05, 0.1) is 19.9 Å². The average Bonchev–Trinajstić information content (AvgIpc) is 2.87. The Morgan fingerprint density at radius 3 is 2.41 bits per heavy atom. The van der Waals surface area contributed by atoms with Crippen LogP contribution in [0.15, 0.2) is 72.9 Å². The quantitative estimate of drug-likeness (QED) is 0.441. The molecule has 1 unspecified atom stereocenters. The molecule has 1 atom stereocenters. The molecule has 0 saturated heterocycles.